The van der Waals surface area contributed by atoms with E-state index < -0.39 is 0 Å². The Bertz CT molecular complexity index is 538. The molecule has 0 atom stereocenters. The molecule has 1 N–H and O–H groups in total. The van der Waals surface area contributed by atoms with Gasteiger partial charge >= 0.3 is 0 Å². The molecule has 0 fully saturated rings. The Hall–Kier alpha value is -1.39. The average Bonchev–Trinajstić information content (AvgIpc) is 2.96. The highest BCUT2D eigenvalue weighted by Gasteiger charge is 2.05. The zero-order valence-corrected chi connectivity index (χ0v) is 13.9. The summed E-state index contributed by atoms with van der Waals surface area (Å²) < 4.78 is 5.86. The van der Waals surface area contributed by atoms with Crippen LogP contribution in [0.4, 0.5) is 0 Å². The van der Waals surface area contributed by atoms with Crippen molar-refractivity contribution in [2.24, 2.45) is 0 Å². The minimum Gasteiger partial charge on any atom is -0.472 e. The first-order chi connectivity index (χ1) is 10.2. The fraction of sp³-hybridized carbons (Fsp3) is 0.471. The van der Waals surface area contributed by atoms with Crippen LogP contribution in [0, 0.1) is 0 Å². The summed E-state index contributed by atoms with van der Waals surface area (Å²) in [6.45, 7) is 7.93. The van der Waals surface area contributed by atoms with Crippen LogP contribution >= 0.6 is 11.3 Å². The van der Waals surface area contributed by atoms with Gasteiger partial charge in [-0.2, -0.15) is 0 Å². The largest absolute Gasteiger partial charge is 0.472 e. The zero-order chi connectivity index (χ0) is 15.1. The molecule has 0 amide bonds. The summed E-state index contributed by atoms with van der Waals surface area (Å²) in [5.74, 6) is 0.731. The van der Waals surface area contributed by atoms with Crippen LogP contribution < -0.4 is 10.1 Å². The molecule has 0 aliphatic heterocycles. The summed E-state index contributed by atoms with van der Waals surface area (Å²) in [5, 5.41) is 5.51. The Balaban J connectivity index is 2.06. The fourth-order valence-corrected chi connectivity index (χ4v) is 2.66. The van der Waals surface area contributed by atoms with Gasteiger partial charge in [0.25, 0.3) is 0 Å². The van der Waals surface area contributed by atoms with E-state index in [2.05, 4.69) is 48.6 Å². The second-order valence-electron chi connectivity index (χ2n) is 5.46. The van der Waals surface area contributed by atoms with Crippen LogP contribution in [0.1, 0.15) is 43.3 Å². The highest BCUT2D eigenvalue weighted by atomic mass is 32.1. The van der Waals surface area contributed by atoms with E-state index >= 15 is 0 Å². The van der Waals surface area contributed by atoms with E-state index in [1.807, 2.05) is 12.1 Å². The molecule has 0 bridgehead atoms. The van der Waals surface area contributed by atoms with Gasteiger partial charge in [0.05, 0.1) is 0 Å². The smallest absolute Gasteiger partial charge is 0.214 e. The van der Waals surface area contributed by atoms with Gasteiger partial charge < -0.3 is 10.1 Å². The van der Waals surface area contributed by atoms with Gasteiger partial charge in [-0.15, -0.1) is 11.3 Å². The molecule has 0 saturated heterocycles. The van der Waals surface area contributed by atoms with Gasteiger partial charge in [-0.05, 0) is 29.5 Å². The average molecular weight is 304 g/mol. The van der Waals surface area contributed by atoms with Gasteiger partial charge in [0, 0.05) is 29.2 Å². The summed E-state index contributed by atoms with van der Waals surface area (Å²) in [7, 11) is 0. The SMILES string of the molecule is CCCc1cc(CNC(C)C)cc(OCc2cccs2)n1. The number of aryl methyl sites for hydroxylation is 1. The van der Waals surface area contributed by atoms with Crippen molar-refractivity contribution in [3.8, 4) is 5.88 Å². The van der Waals surface area contributed by atoms with Crippen molar-refractivity contribution in [3.63, 3.8) is 0 Å². The zero-order valence-electron chi connectivity index (χ0n) is 13.1. The molecule has 114 valence electrons. The maximum atomic E-state index is 5.86. The Morgan fingerprint density at radius 2 is 2.19 bits per heavy atom. The van der Waals surface area contributed by atoms with Gasteiger partial charge in [0.2, 0.25) is 5.88 Å². The van der Waals surface area contributed by atoms with Crippen LogP contribution in [0.25, 0.3) is 0 Å². The van der Waals surface area contributed by atoms with Gasteiger partial charge in [-0.25, -0.2) is 4.98 Å². The predicted octanol–water partition coefficient (Wildman–Crippen LogP) is 4.17. The fourth-order valence-electron chi connectivity index (χ4n) is 2.04. The molecule has 4 heteroatoms. The number of hydrogen-bond acceptors (Lipinski definition) is 4. The summed E-state index contributed by atoms with van der Waals surface area (Å²) in [6.07, 6.45) is 2.09. The molecule has 2 rings (SSSR count). The molecule has 0 spiro atoms. The van der Waals surface area contributed by atoms with Crippen LogP contribution in [0.5, 0.6) is 5.88 Å². The lowest BCUT2D eigenvalue weighted by atomic mass is 10.1. The molecule has 3 nitrogen and oxygen atoms in total. The van der Waals surface area contributed by atoms with Crippen LogP contribution in [-0.4, -0.2) is 11.0 Å². The van der Waals surface area contributed by atoms with Crippen molar-refractivity contribution in [3.05, 3.63) is 45.8 Å². The molecule has 0 aliphatic carbocycles. The maximum Gasteiger partial charge on any atom is 0.214 e. The Morgan fingerprint density at radius 3 is 2.86 bits per heavy atom. The third-order valence-electron chi connectivity index (χ3n) is 3.08. The molecule has 2 aromatic heterocycles. The van der Waals surface area contributed by atoms with Crippen molar-refractivity contribution in [1.82, 2.24) is 10.3 Å². The summed E-state index contributed by atoms with van der Waals surface area (Å²) >= 11 is 1.71. The van der Waals surface area contributed by atoms with Crippen LogP contribution in [0.2, 0.25) is 0 Å². The summed E-state index contributed by atoms with van der Waals surface area (Å²) in [5.41, 5.74) is 2.35. The molecule has 2 heterocycles. The molecule has 0 saturated carbocycles. The quantitative estimate of drug-likeness (QED) is 0.794. The lowest BCUT2D eigenvalue weighted by Gasteiger charge is -2.12. The second kappa shape index (κ2) is 8.15. The first-order valence-electron chi connectivity index (χ1n) is 7.55. The minimum absolute atomic E-state index is 0.475. The number of nitrogens with one attached hydrogen (secondary N) is 1. The van der Waals surface area contributed by atoms with Crippen LogP contribution in [0.15, 0.2) is 29.6 Å². The molecule has 2 aromatic rings. The van der Waals surface area contributed by atoms with E-state index in [0.29, 0.717) is 12.6 Å². The molecule has 0 unspecified atom stereocenters. The van der Waals surface area contributed by atoms with Gasteiger partial charge in [0.15, 0.2) is 0 Å². The van der Waals surface area contributed by atoms with Crippen molar-refractivity contribution in [2.75, 3.05) is 0 Å². The van der Waals surface area contributed by atoms with Crippen LogP contribution in [-0.2, 0) is 19.6 Å². The lowest BCUT2D eigenvalue weighted by Crippen LogP contribution is -2.22. The number of nitrogens with zero attached hydrogens (tertiary/aromatic N) is 1. The standard InChI is InChI=1S/C17H24N2OS/c1-4-6-15-9-14(11-18-13(2)3)10-17(19-15)20-12-16-7-5-8-21-16/h5,7-10,13,18H,4,6,11-12H2,1-3H3. The van der Waals surface area contributed by atoms with E-state index in [9.17, 15) is 0 Å². The number of rotatable bonds is 8. The van der Waals surface area contributed by atoms with E-state index in [4.69, 9.17) is 4.74 Å². The first kappa shape index (κ1) is 16.0. The molecule has 21 heavy (non-hydrogen) atoms. The number of thiophene rings is 1. The second-order valence-corrected chi connectivity index (χ2v) is 6.49. The molecular weight excluding hydrogens is 280 g/mol. The highest BCUT2D eigenvalue weighted by molar-refractivity contribution is 7.09. The summed E-state index contributed by atoms with van der Waals surface area (Å²) in [6, 6.07) is 8.83. The van der Waals surface area contributed by atoms with Crippen molar-refractivity contribution in [1.29, 1.82) is 0 Å². The monoisotopic (exact) mass is 304 g/mol. The third kappa shape index (κ3) is 5.48. The number of ether oxygens (including phenoxy) is 1. The number of aromatic nitrogens is 1. The van der Waals surface area contributed by atoms with E-state index in [1.165, 1.54) is 10.4 Å². The Morgan fingerprint density at radius 1 is 1.33 bits per heavy atom. The molecule has 0 aliphatic rings. The third-order valence-corrected chi connectivity index (χ3v) is 3.93. The number of pyridine rings is 1. The predicted molar refractivity (Wildman–Crippen MR) is 88.9 cm³/mol. The van der Waals surface area contributed by atoms with Gasteiger partial charge in [0.1, 0.15) is 6.61 Å². The Labute approximate surface area is 131 Å². The first-order valence-corrected chi connectivity index (χ1v) is 8.43. The Kier molecular flexibility index (Phi) is 6.21. The lowest BCUT2D eigenvalue weighted by molar-refractivity contribution is 0.296. The van der Waals surface area contributed by atoms with Crippen molar-refractivity contribution >= 4 is 11.3 Å². The number of hydrogen-bond donors (Lipinski definition) is 1. The minimum atomic E-state index is 0.475. The summed E-state index contributed by atoms with van der Waals surface area (Å²) in [4.78, 5) is 5.83. The van der Waals surface area contributed by atoms with E-state index in [0.717, 1.165) is 31.0 Å². The van der Waals surface area contributed by atoms with E-state index in [1.54, 1.807) is 11.3 Å². The normalized spacial score (nSPS) is 11.0. The topological polar surface area (TPSA) is 34.1 Å². The van der Waals surface area contributed by atoms with Gasteiger partial charge in [-0.1, -0.05) is 33.3 Å². The van der Waals surface area contributed by atoms with Crippen molar-refractivity contribution < 1.29 is 4.74 Å². The van der Waals surface area contributed by atoms with Crippen LogP contribution in [0.3, 0.4) is 0 Å². The molecule has 0 aromatic carbocycles. The van der Waals surface area contributed by atoms with E-state index in [-0.39, 0.29) is 0 Å². The molecular formula is C17H24N2OS. The van der Waals surface area contributed by atoms with Gasteiger partial charge in [-0.3, -0.25) is 0 Å². The maximum absolute atomic E-state index is 5.86. The molecule has 0 radical (unpaired) electrons. The highest BCUT2D eigenvalue weighted by Crippen LogP contribution is 2.17. The van der Waals surface area contributed by atoms with Crippen molar-refractivity contribution in [2.45, 2.75) is 52.8 Å².